The molecule has 0 fully saturated rings. The predicted octanol–water partition coefficient (Wildman–Crippen LogP) is 2.73. The molecule has 0 saturated carbocycles. The molecular weight excluding hydrogens is 407 g/mol. The molecule has 3 rings (SSSR count). The van der Waals surface area contributed by atoms with E-state index >= 15 is 0 Å². The topological polar surface area (TPSA) is 114 Å². The maximum atomic E-state index is 12.9. The van der Waals surface area contributed by atoms with Crippen LogP contribution in [0.15, 0.2) is 39.8 Å². The number of hydrogen-bond donors (Lipinski definition) is 2. The first-order chi connectivity index (χ1) is 13.3. The minimum Gasteiger partial charge on any atom is -0.339 e. The summed E-state index contributed by atoms with van der Waals surface area (Å²) in [5.41, 5.74) is 0.364. The van der Waals surface area contributed by atoms with Crippen molar-refractivity contribution in [3.63, 3.8) is 0 Å². The second-order valence-electron chi connectivity index (χ2n) is 5.78. The van der Waals surface area contributed by atoms with Crippen molar-refractivity contribution in [1.82, 2.24) is 14.9 Å². The summed E-state index contributed by atoms with van der Waals surface area (Å²) in [6.45, 7) is 3.06. The number of carbonyl (C=O) groups is 1. The first kappa shape index (κ1) is 20.1. The Kier molecular flexibility index (Phi) is 5.87. The number of amides is 1. The lowest BCUT2D eigenvalue weighted by molar-refractivity contribution is -0.115. The van der Waals surface area contributed by atoms with Crippen molar-refractivity contribution in [3.05, 3.63) is 46.9 Å². The summed E-state index contributed by atoms with van der Waals surface area (Å²) in [7, 11) is -3.92. The van der Waals surface area contributed by atoms with Crippen molar-refractivity contribution in [3.8, 4) is 10.7 Å². The van der Waals surface area contributed by atoms with Gasteiger partial charge in [-0.2, -0.15) is 4.98 Å². The number of aromatic nitrogens is 2. The van der Waals surface area contributed by atoms with Gasteiger partial charge in [-0.3, -0.25) is 4.79 Å². The molecule has 0 aliphatic rings. The van der Waals surface area contributed by atoms with Crippen LogP contribution in [0.5, 0.6) is 0 Å². The fourth-order valence-electron chi connectivity index (χ4n) is 2.32. The van der Waals surface area contributed by atoms with Crippen LogP contribution >= 0.6 is 11.3 Å². The number of benzene rings is 1. The summed E-state index contributed by atoms with van der Waals surface area (Å²) in [4.78, 5) is 17.3. The van der Waals surface area contributed by atoms with Crippen LogP contribution in [-0.2, 0) is 21.2 Å². The summed E-state index contributed by atoms with van der Waals surface area (Å²) in [6.07, 6.45) is 0.577. The largest absolute Gasteiger partial charge is 0.339 e. The molecule has 11 heteroatoms. The van der Waals surface area contributed by atoms with Gasteiger partial charge in [0, 0.05) is 17.0 Å². The Balaban J connectivity index is 1.68. The van der Waals surface area contributed by atoms with Crippen molar-refractivity contribution < 1.29 is 22.1 Å². The second kappa shape index (κ2) is 8.17. The molecule has 3 aromatic rings. The number of rotatable bonds is 7. The third kappa shape index (κ3) is 4.61. The van der Waals surface area contributed by atoms with Crippen molar-refractivity contribution in [2.45, 2.75) is 25.2 Å². The molecule has 0 unspecified atom stereocenters. The van der Waals surface area contributed by atoms with E-state index in [0.29, 0.717) is 33.6 Å². The van der Waals surface area contributed by atoms with Crippen LogP contribution in [0.2, 0.25) is 0 Å². The Morgan fingerprint density at radius 2 is 2.00 bits per heavy atom. The van der Waals surface area contributed by atoms with E-state index < -0.39 is 28.3 Å². The van der Waals surface area contributed by atoms with E-state index in [2.05, 4.69) is 20.2 Å². The van der Waals surface area contributed by atoms with Gasteiger partial charge in [0.15, 0.2) is 0 Å². The highest BCUT2D eigenvalue weighted by atomic mass is 32.2. The monoisotopic (exact) mass is 424 g/mol. The zero-order valence-corrected chi connectivity index (χ0v) is 16.7. The molecule has 0 saturated heterocycles. The Hall–Kier alpha value is -2.63. The fraction of sp³-hybridized carbons (Fsp3) is 0.235. The van der Waals surface area contributed by atoms with Crippen LogP contribution in [0.25, 0.3) is 10.7 Å². The first-order valence-electron chi connectivity index (χ1n) is 8.27. The summed E-state index contributed by atoms with van der Waals surface area (Å²) in [6, 6.07) is 6.60. The number of sulfonamides is 1. The number of nitrogens with zero attached hydrogens (tertiary/aromatic N) is 2. The van der Waals surface area contributed by atoms with E-state index in [9.17, 15) is 17.6 Å². The molecule has 0 aliphatic heterocycles. The maximum Gasteiger partial charge on any atom is 0.242 e. The van der Waals surface area contributed by atoms with Crippen LogP contribution in [0.1, 0.15) is 17.7 Å². The minimum absolute atomic E-state index is 0.0462. The van der Waals surface area contributed by atoms with Crippen LogP contribution in [0, 0.1) is 12.7 Å². The van der Waals surface area contributed by atoms with Gasteiger partial charge in [0.25, 0.3) is 0 Å². The van der Waals surface area contributed by atoms with Crippen molar-refractivity contribution in [1.29, 1.82) is 0 Å². The molecule has 0 spiro atoms. The van der Waals surface area contributed by atoms with Gasteiger partial charge in [-0.05, 0) is 37.3 Å². The number of thiophene rings is 1. The molecule has 148 valence electrons. The highest BCUT2D eigenvalue weighted by Crippen LogP contribution is 2.32. The Morgan fingerprint density at radius 1 is 1.29 bits per heavy atom. The van der Waals surface area contributed by atoms with Gasteiger partial charge in [0.2, 0.25) is 27.6 Å². The van der Waals surface area contributed by atoms with E-state index in [-0.39, 0.29) is 4.90 Å². The zero-order chi connectivity index (χ0) is 20.3. The van der Waals surface area contributed by atoms with Gasteiger partial charge in [0.1, 0.15) is 5.82 Å². The third-order valence-electron chi connectivity index (χ3n) is 3.70. The molecule has 2 heterocycles. The van der Waals surface area contributed by atoms with Crippen molar-refractivity contribution in [2.75, 3.05) is 11.9 Å². The van der Waals surface area contributed by atoms with E-state index in [1.54, 1.807) is 6.92 Å². The number of hydrogen-bond acceptors (Lipinski definition) is 7. The standard InChI is InChI=1S/C17H17FN4O4S2/c1-3-16-21-17(22-26-16)13-8-14(10(2)27-13)28(24,25)19-9-15(23)20-12-6-4-11(18)5-7-12/h4-8,19H,3,9H2,1-2H3,(H,20,23). The van der Waals surface area contributed by atoms with Crippen molar-refractivity contribution in [2.24, 2.45) is 0 Å². The van der Waals surface area contributed by atoms with Gasteiger partial charge < -0.3 is 9.84 Å². The van der Waals surface area contributed by atoms with Crippen LogP contribution in [-0.4, -0.2) is 31.0 Å². The van der Waals surface area contributed by atoms with E-state index in [4.69, 9.17) is 4.52 Å². The van der Waals surface area contributed by atoms with Gasteiger partial charge in [0.05, 0.1) is 16.3 Å². The number of halogens is 1. The molecule has 2 aromatic heterocycles. The normalized spacial score (nSPS) is 11.5. The smallest absolute Gasteiger partial charge is 0.242 e. The molecule has 0 radical (unpaired) electrons. The number of nitrogens with one attached hydrogen (secondary N) is 2. The molecule has 0 bridgehead atoms. The lowest BCUT2D eigenvalue weighted by atomic mass is 10.3. The molecular formula is C17H17FN4O4S2. The molecule has 0 atom stereocenters. The zero-order valence-electron chi connectivity index (χ0n) is 15.0. The first-order valence-corrected chi connectivity index (χ1v) is 10.6. The Bertz CT molecular complexity index is 1090. The summed E-state index contributed by atoms with van der Waals surface area (Å²) >= 11 is 1.22. The van der Waals surface area contributed by atoms with Gasteiger partial charge in [-0.25, -0.2) is 17.5 Å². The molecule has 2 N–H and O–H groups in total. The molecule has 8 nitrogen and oxygen atoms in total. The number of aryl methyl sites for hydroxylation is 2. The second-order valence-corrected chi connectivity index (χ2v) is 8.77. The van der Waals surface area contributed by atoms with Gasteiger partial charge >= 0.3 is 0 Å². The predicted molar refractivity (Wildman–Crippen MR) is 102 cm³/mol. The average Bonchev–Trinajstić information content (AvgIpc) is 3.29. The molecule has 0 aliphatic carbocycles. The molecule has 28 heavy (non-hydrogen) atoms. The Morgan fingerprint density at radius 3 is 2.64 bits per heavy atom. The highest BCUT2D eigenvalue weighted by Gasteiger charge is 2.23. The van der Waals surface area contributed by atoms with E-state index in [1.165, 1.54) is 41.7 Å². The minimum atomic E-state index is -3.92. The van der Waals surface area contributed by atoms with Gasteiger partial charge in [-0.15, -0.1) is 11.3 Å². The molecule has 1 amide bonds. The SMILES string of the molecule is CCc1nc(-c2cc(S(=O)(=O)NCC(=O)Nc3ccc(F)cc3)c(C)s2)no1. The van der Waals surface area contributed by atoms with Gasteiger partial charge in [-0.1, -0.05) is 12.1 Å². The third-order valence-corrected chi connectivity index (χ3v) is 6.41. The highest BCUT2D eigenvalue weighted by molar-refractivity contribution is 7.89. The van der Waals surface area contributed by atoms with E-state index in [1.807, 2.05) is 6.92 Å². The lowest BCUT2D eigenvalue weighted by Gasteiger charge is -2.07. The fourth-order valence-corrected chi connectivity index (χ4v) is 4.81. The summed E-state index contributed by atoms with van der Waals surface area (Å²) < 4.78 is 45.3. The lowest BCUT2D eigenvalue weighted by Crippen LogP contribution is -2.33. The summed E-state index contributed by atoms with van der Waals surface area (Å²) in [5, 5.41) is 6.32. The molecule has 1 aromatic carbocycles. The van der Waals surface area contributed by atoms with Crippen LogP contribution < -0.4 is 10.0 Å². The number of carbonyl (C=O) groups excluding carboxylic acids is 1. The number of anilines is 1. The Labute approximate surface area is 164 Å². The average molecular weight is 424 g/mol. The summed E-state index contributed by atoms with van der Waals surface area (Å²) in [5.74, 6) is -0.231. The quantitative estimate of drug-likeness (QED) is 0.603. The van der Waals surface area contributed by atoms with Crippen molar-refractivity contribution >= 4 is 33.0 Å². The maximum absolute atomic E-state index is 12.9. The van der Waals surface area contributed by atoms with Crippen LogP contribution in [0.4, 0.5) is 10.1 Å². The van der Waals surface area contributed by atoms with Crippen LogP contribution in [0.3, 0.4) is 0 Å². The van der Waals surface area contributed by atoms with E-state index in [0.717, 1.165) is 0 Å².